The SMILES string of the molecule is CCC(CC)(CC)NC1=NCC(C)CS1. The summed E-state index contributed by atoms with van der Waals surface area (Å²) in [6, 6.07) is 0. The van der Waals surface area contributed by atoms with Gasteiger partial charge in [0.05, 0.1) is 0 Å². The number of hydrogen-bond acceptors (Lipinski definition) is 3. The molecule has 1 aliphatic rings. The van der Waals surface area contributed by atoms with E-state index in [4.69, 9.17) is 0 Å². The van der Waals surface area contributed by atoms with Crippen LogP contribution in [0.15, 0.2) is 4.99 Å². The molecule has 1 heterocycles. The van der Waals surface area contributed by atoms with Crippen molar-refractivity contribution in [3.63, 3.8) is 0 Å². The summed E-state index contributed by atoms with van der Waals surface area (Å²) in [5.41, 5.74) is 0.270. The highest BCUT2D eigenvalue weighted by molar-refractivity contribution is 8.13. The third-order valence-electron chi connectivity index (χ3n) is 3.45. The van der Waals surface area contributed by atoms with Gasteiger partial charge in [-0.05, 0) is 25.2 Å². The first-order valence-corrected chi connectivity index (χ1v) is 7.09. The van der Waals surface area contributed by atoms with Crippen LogP contribution >= 0.6 is 11.8 Å². The predicted octanol–water partition coefficient (Wildman–Crippen LogP) is 3.28. The molecule has 1 atom stereocenters. The van der Waals surface area contributed by atoms with Crippen LogP contribution in [0.3, 0.4) is 0 Å². The fourth-order valence-electron chi connectivity index (χ4n) is 1.88. The average molecular weight is 228 g/mol. The molecular weight excluding hydrogens is 204 g/mol. The van der Waals surface area contributed by atoms with Gasteiger partial charge >= 0.3 is 0 Å². The van der Waals surface area contributed by atoms with Crippen LogP contribution in [0.4, 0.5) is 0 Å². The van der Waals surface area contributed by atoms with Gasteiger partial charge in [0, 0.05) is 17.8 Å². The largest absolute Gasteiger partial charge is 0.360 e. The fourth-order valence-corrected chi connectivity index (χ4v) is 2.88. The first kappa shape index (κ1) is 12.9. The van der Waals surface area contributed by atoms with E-state index in [9.17, 15) is 0 Å². The molecule has 0 saturated carbocycles. The third kappa shape index (κ3) is 3.40. The van der Waals surface area contributed by atoms with E-state index in [1.54, 1.807) is 0 Å². The van der Waals surface area contributed by atoms with Gasteiger partial charge in [-0.2, -0.15) is 0 Å². The van der Waals surface area contributed by atoms with Gasteiger partial charge in [0.15, 0.2) is 5.17 Å². The minimum atomic E-state index is 0.270. The Bertz CT molecular complexity index is 213. The molecular formula is C12H24N2S. The van der Waals surface area contributed by atoms with Gasteiger partial charge in [0.1, 0.15) is 0 Å². The number of nitrogens with zero attached hydrogens (tertiary/aromatic N) is 1. The topological polar surface area (TPSA) is 24.4 Å². The molecule has 1 unspecified atom stereocenters. The van der Waals surface area contributed by atoms with Gasteiger partial charge in [-0.3, -0.25) is 4.99 Å². The Morgan fingerprint density at radius 2 is 1.93 bits per heavy atom. The van der Waals surface area contributed by atoms with Crippen molar-refractivity contribution in [1.29, 1.82) is 0 Å². The van der Waals surface area contributed by atoms with Gasteiger partial charge in [0.2, 0.25) is 0 Å². The Labute approximate surface area is 98.3 Å². The lowest BCUT2D eigenvalue weighted by Crippen LogP contribution is -2.47. The Morgan fingerprint density at radius 1 is 1.33 bits per heavy atom. The van der Waals surface area contributed by atoms with E-state index in [1.165, 1.54) is 30.2 Å². The van der Waals surface area contributed by atoms with Gasteiger partial charge in [-0.1, -0.05) is 39.5 Å². The summed E-state index contributed by atoms with van der Waals surface area (Å²) in [6.45, 7) is 10.0. The van der Waals surface area contributed by atoms with E-state index >= 15 is 0 Å². The first-order chi connectivity index (χ1) is 7.15. The van der Waals surface area contributed by atoms with Gasteiger partial charge in [-0.15, -0.1) is 0 Å². The zero-order valence-electron chi connectivity index (χ0n) is 10.5. The summed E-state index contributed by atoms with van der Waals surface area (Å²) in [5.74, 6) is 1.94. The molecule has 1 aliphatic heterocycles. The minimum Gasteiger partial charge on any atom is -0.360 e. The molecule has 0 spiro atoms. The van der Waals surface area contributed by atoms with Crippen molar-refractivity contribution in [2.45, 2.75) is 52.5 Å². The van der Waals surface area contributed by atoms with E-state index in [0.717, 1.165) is 12.5 Å². The summed E-state index contributed by atoms with van der Waals surface area (Å²) >= 11 is 1.88. The molecule has 0 aromatic heterocycles. The van der Waals surface area contributed by atoms with Crippen LogP contribution in [-0.4, -0.2) is 23.0 Å². The summed E-state index contributed by atoms with van der Waals surface area (Å²) in [5, 5.41) is 4.82. The molecule has 88 valence electrons. The highest BCUT2D eigenvalue weighted by Crippen LogP contribution is 2.23. The molecule has 2 nitrogen and oxygen atoms in total. The summed E-state index contributed by atoms with van der Waals surface area (Å²) in [7, 11) is 0. The Balaban J connectivity index is 2.59. The zero-order chi connectivity index (χ0) is 11.3. The van der Waals surface area contributed by atoms with Crippen LogP contribution in [0.5, 0.6) is 0 Å². The number of thioether (sulfide) groups is 1. The van der Waals surface area contributed by atoms with E-state index in [0.29, 0.717) is 0 Å². The number of aliphatic imine (C=N–C) groups is 1. The van der Waals surface area contributed by atoms with E-state index < -0.39 is 0 Å². The molecule has 3 heteroatoms. The van der Waals surface area contributed by atoms with Crippen LogP contribution in [0, 0.1) is 5.92 Å². The number of amidine groups is 1. The van der Waals surface area contributed by atoms with Crippen LogP contribution in [-0.2, 0) is 0 Å². The van der Waals surface area contributed by atoms with Crippen molar-refractivity contribution in [3.8, 4) is 0 Å². The maximum Gasteiger partial charge on any atom is 0.156 e. The van der Waals surface area contributed by atoms with Crippen molar-refractivity contribution in [2.75, 3.05) is 12.3 Å². The van der Waals surface area contributed by atoms with Gasteiger partial charge in [-0.25, -0.2) is 0 Å². The summed E-state index contributed by atoms with van der Waals surface area (Å²) in [4.78, 5) is 4.61. The molecule has 15 heavy (non-hydrogen) atoms. The van der Waals surface area contributed by atoms with Crippen molar-refractivity contribution < 1.29 is 0 Å². The Morgan fingerprint density at radius 3 is 2.33 bits per heavy atom. The van der Waals surface area contributed by atoms with Crippen LogP contribution in [0.25, 0.3) is 0 Å². The third-order valence-corrected chi connectivity index (χ3v) is 4.69. The van der Waals surface area contributed by atoms with Crippen LogP contribution in [0.2, 0.25) is 0 Å². The quantitative estimate of drug-likeness (QED) is 0.798. The molecule has 0 fully saturated rings. The molecule has 0 saturated heterocycles. The van der Waals surface area contributed by atoms with E-state index in [2.05, 4.69) is 38.0 Å². The first-order valence-electron chi connectivity index (χ1n) is 6.11. The van der Waals surface area contributed by atoms with E-state index in [-0.39, 0.29) is 5.54 Å². The fraction of sp³-hybridized carbons (Fsp3) is 0.917. The summed E-state index contributed by atoms with van der Waals surface area (Å²) in [6.07, 6.45) is 3.53. The zero-order valence-corrected chi connectivity index (χ0v) is 11.3. The smallest absolute Gasteiger partial charge is 0.156 e. The number of hydrogen-bond donors (Lipinski definition) is 1. The Hall–Kier alpha value is -0.180. The van der Waals surface area contributed by atoms with Gasteiger partial charge in [0.25, 0.3) is 0 Å². The van der Waals surface area contributed by atoms with Crippen molar-refractivity contribution in [2.24, 2.45) is 10.9 Å². The van der Waals surface area contributed by atoms with Gasteiger partial charge < -0.3 is 5.32 Å². The molecule has 0 aromatic rings. The molecule has 0 bridgehead atoms. The summed E-state index contributed by atoms with van der Waals surface area (Å²) < 4.78 is 0. The van der Waals surface area contributed by atoms with Crippen molar-refractivity contribution in [3.05, 3.63) is 0 Å². The van der Waals surface area contributed by atoms with Crippen LogP contribution < -0.4 is 5.32 Å². The molecule has 1 rings (SSSR count). The second-order valence-electron chi connectivity index (χ2n) is 4.53. The second kappa shape index (κ2) is 5.78. The highest BCUT2D eigenvalue weighted by atomic mass is 32.2. The standard InChI is InChI=1S/C12H24N2S/c1-5-12(6-2,7-3)14-11-13-8-10(4)9-15-11/h10H,5-9H2,1-4H3,(H,13,14). The van der Waals surface area contributed by atoms with Crippen molar-refractivity contribution >= 4 is 16.9 Å². The predicted molar refractivity (Wildman–Crippen MR) is 70.7 cm³/mol. The van der Waals surface area contributed by atoms with Crippen molar-refractivity contribution in [1.82, 2.24) is 5.32 Å². The molecule has 0 aromatic carbocycles. The molecule has 1 N–H and O–H groups in total. The maximum absolute atomic E-state index is 4.61. The van der Waals surface area contributed by atoms with Crippen LogP contribution in [0.1, 0.15) is 47.0 Å². The lowest BCUT2D eigenvalue weighted by atomic mass is 9.90. The van der Waals surface area contributed by atoms with E-state index in [1.807, 2.05) is 11.8 Å². The number of rotatable bonds is 4. The number of nitrogens with one attached hydrogen (secondary N) is 1. The average Bonchev–Trinajstić information content (AvgIpc) is 2.29. The molecule has 0 aliphatic carbocycles. The lowest BCUT2D eigenvalue weighted by molar-refractivity contribution is 0.341. The minimum absolute atomic E-state index is 0.270. The second-order valence-corrected chi connectivity index (χ2v) is 5.54. The lowest BCUT2D eigenvalue weighted by Gasteiger charge is -2.34. The highest BCUT2D eigenvalue weighted by Gasteiger charge is 2.26. The Kier molecular flexibility index (Phi) is 4.97. The normalized spacial score (nSPS) is 22.4. The maximum atomic E-state index is 4.61. The molecule has 0 radical (unpaired) electrons. The monoisotopic (exact) mass is 228 g/mol. The molecule has 0 amide bonds.